The topological polar surface area (TPSA) is 116 Å². The monoisotopic (exact) mass is 484 g/mol. The van der Waals surface area contributed by atoms with Crippen LogP contribution in [0, 0.1) is 5.82 Å². The highest BCUT2D eigenvalue weighted by molar-refractivity contribution is 6.31. The van der Waals surface area contributed by atoms with Crippen LogP contribution in [0.2, 0.25) is 5.02 Å². The second-order valence-corrected chi connectivity index (χ2v) is 6.67. The van der Waals surface area contributed by atoms with Gasteiger partial charge in [0.25, 0.3) is 0 Å². The first-order valence-electron chi connectivity index (χ1n) is 8.87. The Morgan fingerprint density at radius 1 is 1.00 bits per heavy atom. The molecule has 3 amide bonds. The molecular weight excluding hydrogens is 472 g/mol. The SMILES string of the molecule is NC(=O)Oc1cc(Oc2ccc(NC(=O)Nc3ccc(Cl)c(C(F)(F)F)c3)c(F)c2)ccn1. The minimum absolute atomic E-state index is 0.0298. The molecule has 1 heterocycles. The van der Waals surface area contributed by atoms with Gasteiger partial charge < -0.3 is 25.8 Å². The summed E-state index contributed by atoms with van der Waals surface area (Å²) in [6, 6.07) is 7.90. The number of nitrogens with two attached hydrogens (primary N) is 1. The van der Waals surface area contributed by atoms with Crippen molar-refractivity contribution in [1.82, 2.24) is 4.98 Å². The van der Waals surface area contributed by atoms with Gasteiger partial charge in [-0.15, -0.1) is 0 Å². The van der Waals surface area contributed by atoms with Gasteiger partial charge in [-0.3, -0.25) is 0 Å². The lowest BCUT2D eigenvalue weighted by atomic mass is 10.2. The van der Waals surface area contributed by atoms with E-state index in [0.717, 1.165) is 18.2 Å². The number of carbonyl (C=O) groups is 2. The van der Waals surface area contributed by atoms with Crippen LogP contribution >= 0.6 is 11.6 Å². The predicted octanol–water partition coefficient (Wildman–Crippen LogP) is 5.79. The van der Waals surface area contributed by atoms with E-state index in [1.807, 2.05) is 0 Å². The molecular formula is C20H13ClF4N4O4. The Bertz CT molecular complexity index is 1210. The molecule has 0 aliphatic rings. The van der Waals surface area contributed by atoms with Crippen LogP contribution in [0.4, 0.5) is 38.5 Å². The Kier molecular flexibility index (Phi) is 6.87. The summed E-state index contributed by atoms with van der Waals surface area (Å²) in [5, 5.41) is 3.82. The third-order valence-corrected chi connectivity index (χ3v) is 4.20. The number of rotatable bonds is 5. The van der Waals surface area contributed by atoms with Gasteiger partial charge in [-0.25, -0.2) is 19.0 Å². The van der Waals surface area contributed by atoms with Crippen LogP contribution in [0.1, 0.15) is 5.56 Å². The van der Waals surface area contributed by atoms with Crippen LogP contribution in [0.15, 0.2) is 54.7 Å². The number of hydrogen-bond donors (Lipinski definition) is 3. The summed E-state index contributed by atoms with van der Waals surface area (Å²) in [4.78, 5) is 26.6. The van der Waals surface area contributed by atoms with E-state index in [-0.39, 0.29) is 28.8 Å². The van der Waals surface area contributed by atoms with Crippen molar-refractivity contribution in [3.63, 3.8) is 0 Å². The predicted molar refractivity (Wildman–Crippen MR) is 110 cm³/mol. The Morgan fingerprint density at radius 2 is 1.73 bits per heavy atom. The molecule has 2 aromatic carbocycles. The van der Waals surface area contributed by atoms with Gasteiger partial charge in [-0.05, 0) is 36.4 Å². The maximum absolute atomic E-state index is 14.4. The second kappa shape index (κ2) is 9.61. The van der Waals surface area contributed by atoms with Gasteiger partial charge in [0.05, 0.1) is 16.3 Å². The molecule has 0 aliphatic heterocycles. The summed E-state index contributed by atoms with van der Waals surface area (Å²) in [7, 11) is 0. The lowest BCUT2D eigenvalue weighted by Crippen LogP contribution is -2.20. The smallest absolute Gasteiger partial charge is 0.417 e. The summed E-state index contributed by atoms with van der Waals surface area (Å²) in [5.74, 6) is -0.840. The molecule has 0 fully saturated rings. The number of ether oxygens (including phenoxy) is 2. The van der Waals surface area contributed by atoms with Gasteiger partial charge in [0, 0.05) is 24.0 Å². The number of halogens is 5. The quantitative estimate of drug-likeness (QED) is 0.397. The number of carbonyl (C=O) groups excluding carboxylic acids is 2. The first-order chi connectivity index (χ1) is 15.5. The minimum atomic E-state index is -4.71. The van der Waals surface area contributed by atoms with E-state index in [4.69, 9.17) is 22.1 Å². The van der Waals surface area contributed by atoms with E-state index in [1.165, 1.54) is 30.5 Å². The number of anilines is 2. The van der Waals surface area contributed by atoms with Gasteiger partial charge in [-0.1, -0.05) is 11.6 Å². The number of hydrogen-bond acceptors (Lipinski definition) is 5. The summed E-state index contributed by atoms with van der Waals surface area (Å²) in [6.45, 7) is 0. The Balaban J connectivity index is 1.67. The normalized spacial score (nSPS) is 10.9. The molecule has 8 nitrogen and oxygen atoms in total. The van der Waals surface area contributed by atoms with Crippen molar-refractivity contribution >= 4 is 35.1 Å². The molecule has 4 N–H and O–H groups in total. The number of primary amides is 1. The van der Waals surface area contributed by atoms with Crippen molar-refractivity contribution in [2.75, 3.05) is 10.6 Å². The number of aromatic nitrogens is 1. The van der Waals surface area contributed by atoms with Gasteiger partial charge in [0.15, 0.2) is 0 Å². The van der Waals surface area contributed by atoms with Gasteiger partial charge in [0.2, 0.25) is 5.88 Å². The first-order valence-corrected chi connectivity index (χ1v) is 9.24. The fraction of sp³-hybridized carbons (Fsp3) is 0.0500. The lowest BCUT2D eigenvalue weighted by Gasteiger charge is -2.13. The summed E-state index contributed by atoms with van der Waals surface area (Å²) >= 11 is 5.53. The average Bonchev–Trinajstić information content (AvgIpc) is 2.70. The van der Waals surface area contributed by atoms with Crippen molar-refractivity contribution in [3.8, 4) is 17.4 Å². The molecule has 33 heavy (non-hydrogen) atoms. The van der Waals surface area contributed by atoms with E-state index in [9.17, 15) is 27.2 Å². The third kappa shape index (κ3) is 6.46. The molecule has 172 valence electrons. The van der Waals surface area contributed by atoms with Crippen LogP contribution in [0.25, 0.3) is 0 Å². The summed E-state index contributed by atoms with van der Waals surface area (Å²) < 4.78 is 63.2. The van der Waals surface area contributed by atoms with E-state index in [1.54, 1.807) is 0 Å². The standard InChI is InChI=1S/C20H13ClF4N4O4/c21-14-3-1-10(7-13(14)20(23,24)25)28-19(31)29-16-4-2-11(8-15(16)22)32-12-5-6-27-17(9-12)33-18(26)30/h1-9H,(H2,26,30)(H2,28,29,31). The van der Waals surface area contributed by atoms with Crippen LogP contribution in [0.5, 0.6) is 17.4 Å². The van der Waals surface area contributed by atoms with Crippen molar-refractivity contribution in [3.05, 3.63) is 71.1 Å². The zero-order valence-corrected chi connectivity index (χ0v) is 17.0. The molecule has 0 radical (unpaired) electrons. The number of pyridine rings is 1. The highest BCUT2D eigenvalue weighted by Crippen LogP contribution is 2.36. The number of amides is 3. The Hall–Kier alpha value is -4.06. The average molecular weight is 485 g/mol. The second-order valence-electron chi connectivity index (χ2n) is 6.27. The molecule has 3 rings (SSSR count). The largest absolute Gasteiger partial charge is 0.457 e. The lowest BCUT2D eigenvalue weighted by molar-refractivity contribution is -0.137. The highest BCUT2D eigenvalue weighted by atomic mass is 35.5. The molecule has 13 heteroatoms. The van der Waals surface area contributed by atoms with E-state index in [2.05, 4.69) is 20.4 Å². The van der Waals surface area contributed by atoms with Gasteiger partial charge >= 0.3 is 18.3 Å². The van der Waals surface area contributed by atoms with Crippen LogP contribution in [0.3, 0.4) is 0 Å². The summed E-state index contributed by atoms with van der Waals surface area (Å²) in [6.07, 6.45) is -4.52. The highest BCUT2D eigenvalue weighted by Gasteiger charge is 2.33. The molecule has 0 unspecified atom stereocenters. The molecule has 0 saturated heterocycles. The number of nitrogens with zero attached hydrogens (tertiary/aromatic N) is 1. The maximum atomic E-state index is 14.4. The molecule has 0 atom stereocenters. The van der Waals surface area contributed by atoms with Crippen LogP contribution in [-0.2, 0) is 6.18 Å². The zero-order valence-electron chi connectivity index (χ0n) is 16.2. The maximum Gasteiger partial charge on any atom is 0.417 e. The first kappa shape index (κ1) is 23.6. The fourth-order valence-corrected chi connectivity index (χ4v) is 2.74. The van der Waals surface area contributed by atoms with Crippen LogP contribution < -0.4 is 25.8 Å². The van der Waals surface area contributed by atoms with E-state index in [0.29, 0.717) is 6.07 Å². The molecule has 0 aliphatic carbocycles. The molecule has 0 spiro atoms. The number of alkyl halides is 3. The number of benzene rings is 2. The number of urea groups is 1. The summed E-state index contributed by atoms with van der Waals surface area (Å²) in [5.41, 5.74) is 3.30. The molecule has 3 aromatic rings. The molecule has 1 aromatic heterocycles. The van der Waals surface area contributed by atoms with Crippen molar-refractivity contribution in [2.24, 2.45) is 5.73 Å². The van der Waals surface area contributed by atoms with Gasteiger partial charge in [0.1, 0.15) is 17.3 Å². The van der Waals surface area contributed by atoms with Crippen molar-refractivity contribution < 1.29 is 36.6 Å². The fourth-order valence-electron chi connectivity index (χ4n) is 2.52. The zero-order chi connectivity index (χ0) is 24.2. The van der Waals surface area contributed by atoms with Crippen LogP contribution in [-0.4, -0.2) is 17.1 Å². The minimum Gasteiger partial charge on any atom is -0.457 e. The van der Waals surface area contributed by atoms with Gasteiger partial charge in [-0.2, -0.15) is 13.2 Å². The Labute approximate surface area is 188 Å². The van der Waals surface area contributed by atoms with Crippen molar-refractivity contribution in [2.45, 2.75) is 6.18 Å². The molecule has 0 saturated carbocycles. The van der Waals surface area contributed by atoms with E-state index >= 15 is 0 Å². The van der Waals surface area contributed by atoms with E-state index < -0.39 is 34.7 Å². The third-order valence-electron chi connectivity index (χ3n) is 3.87. The number of nitrogens with one attached hydrogen (secondary N) is 2. The Morgan fingerprint density at radius 3 is 2.39 bits per heavy atom. The van der Waals surface area contributed by atoms with Crippen molar-refractivity contribution in [1.29, 1.82) is 0 Å². The molecule has 0 bridgehead atoms.